The van der Waals surface area contributed by atoms with Gasteiger partial charge in [0.1, 0.15) is 5.82 Å². The van der Waals surface area contributed by atoms with E-state index in [2.05, 4.69) is 4.36 Å². The molecule has 0 spiro atoms. The first kappa shape index (κ1) is 21.4. The summed E-state index contributed by atoms with van der Waals surface area (Å²) in [6, 6.07) is 9.88. The van der Waals surface area contributed by atoms with Crippen LogP contribution in [0.2, 0.25) is 0 Å². The number of nitrogens with two attached hydrogens (primary N) is 1. The van der Waals surface area contributed by atoms with Gasteiger partial charge < -0.3 is 15.9 Å². The molecule has 0 aliphatic carbocycles. The van der Waals surface area contributed by atoms with Crippen molar-refractivity contribution in [1.29, 1.82) is 5.41 Å². The van der Waals surface area contributed by atoms with E-state index in [9.17, 15) is 8.60 Å². The Kier molecular flexibility index (Phi) is 5.77. The standard InChI is InChI=1S/C23H25FN4O2S/c1-31(2,29)28-23-19-12-20(26)16(13-25)11-18(19)21(14-3-5-17(24)6-4-14)22(27-23)15-7-9-30-10-8-15/h3-6,11-13,15,25H,7-10,26H2,1-2H3. The Labute approximate surface area is 181 Å². The second-order valence-electron chi connectivity index (χ2n) is 8.03. The molecule has 1 aliphatic rings. The molecule has 3 aromatic rings. The van der Waals surface area contributed by atoms with Crippen molar-refractivity contribution >= 4 is 38.2 Å². The lowest BCUT2D eigenvalue weighted by Crippen LogP contribution is -2.16. The maximum absolute atomic E-state index is 13.7. The van der Waals surface area contributed by atoms with Gasteiger partial charge in [0.2, 0.25) is 0 Å². The third-order valence-electron chi connectivity index (χ3n) is 5.42. The minimum atomic E-state index is -2.48. The molecule has 162 valence electrons. The molecule has 0 bridgehead atoms. The predicted octanol–water partition coefficient (Wildman–Crippen LogP) is 4.87. The number of rotatable bonds is 4. The highest BCUT2D eigenvalue weighted by Gasteiger charge is 2.25. The molecule has 0 saturated carbocycles. The largest absolute Gasteiger partial charge is 0.398 e. The maximum Gasteiger partial charge on any atom is 0.169 e. The summed E-state index contributed by atoms with van der Waals surface area (Å²) in [5.74, 6) is 0.180. The fourth-order valence-corrected chi connectivity index (χ4v) is 4.54. The predicted molar refractivity (Wildman–Crippen MR) is 124 cm³/mol. The van der Waals surface area contributed by atoms with E-state index in [4.69, 9.17) is 20.9 Å². The summed E-state index contributed by atoms with van der Waals surface area (Å²) in [5, 5.41) is 9.22. The first-order valence-corrected chi connectivity index (χ1v) is 12.4. The van der Waals surface area contributed by atoms with E-state index in [1.54, 1.807) is 30.7 Å². The van der Waals surface area contributed by atoms with Gasteiger partial charge in [-0.25, -0.2) is 13.6 Å². The number of nitrogens with one attached hydrogen (secondary N) is 1. The summed E-state index contributed by atoms with van der Waals surface area (Å²) in [6.07, 6.45) is 5.94. The van der Waals surface area contributed by atoms with Crippen molar-refractivity contribution in [1.82, 2.24) is 4.98 Å². The smallest absolute Gasteiger partial charge is 0.169 e. The van der Waals surface area contributed by atoms with E-state index in [1.807, 2.05) is 6.07 Å². The van der Waals surface area contributed by atoms with Gasteiger partial charge in [0.25, 0.3) is 0 Å². The van der Waals surface area contributed by atoms with Crippen molar-refractivity contribution in [3.05, 3.63) is 53.5 Å². The molecule has 6 nitrogen and oxygen atoms in total. The zero-order valence-corrected chi connectivity index (χ0v) is 18.3. The van der Waals surface area contributed by atoms with Gasteiger partial charge in [0, 0.05) is 69.8 Å². The zero-order valence-electron chi connectivity index (χ0n) is 17.5. The second kappa shape index (κ2) is 8.36. The lowest BCUT2D eigenvalue weighted by molar-refractivity contribution is 0.0847. The quantitative estimate of drug-likeness (QED) is 0.446. The van der Waals surface area contributed by atoms with Gasteiger partial charge in [-0.2, -0.15) is 4.36 Å². The number of halogens is 1. The highest BCUT2D eigenvalue weighted by Crippen LogP contribution is 2.42. The Morgan fingerprint density at radius 3 is 2.48 bits per heavy atom. The molecule has 0 unspecified atom stereocenters. The highest BCUT2D eigenvalue weighted by molar-refractivity contribution is 7.92. The Morgan fingerprint density at radius 2 is 1.87 bits per heavy atom. The lowest BCUT2D eigenvalue weighted by atomic mass is 9.86. The Hall–Kier alpha value is -2.84. The molecule has 31 heavy (non-hydrogen) atoms. The molecular formula is C23H25FN4O2S. The molecule has 8 heteroatoms. The van der Waals surface area contributed by atoms with Crippen LogP contribution in [0.4, 0.5) is 15.9 Å². The van der Waals surface area contributed by atoms with Crippen LogP contribution in [-0.2, 0) is 14.5 Å². The lowest BCUT2D eigenvalue weighted by Gasteiger charge is -2.25. The molecule has 1 aliphatic heterocycles. The summed E-state index contributed by atoms with van der Waals surface area (Å²) in [5.41, 5.74) is 9.66. The van der Waals surface area contributed by atoms with E-state index in [0.29, 0.717) is 35.7 Å². The molecule has 0 amide bonds. The van der Waals surface area contributed by atoms with E-state index >= 15 is 0 Å². The van der Waals surface area contributed by atoms with E-state index < -0.39 is 9.73 Å². The van der Waals surface area contributed by atoms with Gasteiger partial charge >= 0.3 is 0 Å². The van der Waals surface area contributed by atoms with Gasteiger partial charge in [-0.3, -0.25) is 0 Å². The average molecular weight is 441 g/mol. The summed E-state index contributed by atoms with van der Waals surface area (Å²) < 4.78 is 36.2. The second-order valence-corrected chi connectivity index (χ2v) is 10.6. The Bertz CT molecular complexity index is 1270. The zero-order chi connectivity index (χ0) is 22.2. The number of ether oxygens (including phenoxy) is 1. The van der Waals surface area contributed by atoms with Crippen molar-refractivity contribution in [2.24, 2.45) is 4.36 Å². The van der Waals surface area contributed by atoms with Crippen LogP contribution in [0.3, 0.4) is 0 Å². The fraction of sp³-hybridized carbons (Fsp3) is 0.304. The minimum Gasteiger partial charge on any atom is -0.398 e. The average Bonchev–Trinajstić information content (AvgIpc) is 2.74. The minimum absolute atomic E-state index is 0.123. The third-order valence-corrected chi connectivity index (χ3v) is 6.03. The summed E-state index contributed by atoms with van der Waals surface area (Å²) in [4.78, 5) is 4.90. The van der Waals surface area contributed by atoms with Crippen LogP contribution in [0.15, 0.2) is 40.8 Å². The van der Waals surface area contributed by atoms with Gasteiger partial charge in [-0.1, -0.05) is 12.1 Å². The molecule has 0 radical (unpaired) electrons. The summed E-state index contributed by atoms with van der Waals surface area (Å²) in [6.45, 7) is 1.26. The number of anilines is 1. The van der Waals surface area contributed by atoms with Crippen molar-refractivity contribution in [3.8, 4) is 11.1 Å². The molecule has 4 rings (SSSR count). The van der Waals surface area contributed by atoms with Crippen LogP contribution in [0.25, 0.3) is 21.9 Å². The molecule has 1 fully saturated rings. The third kappa shape index (κ3) is 4.45. The number of aromatic nitrogens is 1. The van der Waals surface area contributed by atoms with Crippen molar-refractivity contribution in [2.75, 3.05) is 31.5 Å². The number of hydrogen-bond donors (Lipinski definition) is 2. The van der Waals surface area contributed by atoms with Gasteiger partial charge in [0.05, 0.1) is 5.69 Å². The Balaban J connectivity index is 2.14. The monoisotopic (exact) mass is 440 g/mol. The molecule has 1 aromatic heterocycles. The van der Waals surface area contributed by atoms with Gasteiger partial charge in [-0.15, -0.1) is 0 Å². The maximum atomic E-state index is 13.7. The van der Waals surface area contributed by atoms with E-state index in [-0.39, 0.29) is 11.7 Å². The van der Waals surface area contributed by atoms with Crippen LogP contribution in [0, 0.1) is 11.2 Å². The number of benzene rings is 2. The number of nitrogen functional groups attached to an aromatic ring is 1. The SMILES string of the molecule is CS(C)(=O)=Nc1nc(C2CCOCC2)c(-c2ccc(F)cc2)c2cc(C=N)c(N)cc12. The van der Waals surface area contributed by atoms with Gasteiger partial charge in [0.15, 0.2) is 5.82 Å². The topological polar surface area (TPSA) is 101 Å². The molecule has 2 aromatic carbocycles. The van der Waals surface area contributed by atoms with Crippen molar-refractivity contribution < 1.29 is 13.3 Å². The molecule has 1 saturated heterocycles. The van der Waals surface area contributed by atoms with Crippen molar-refractivity contribution in [3.63, 3.8) is 0 Å². The molecule has 2 heterocycles. The first-order chi connectivity index (χ1) is 14.8. The molecule has 0 atom stereocenters. The van der Waals surface area contributed by atoms with Crippen LogP contribution in [0.1, 0.15) is 30.0 Å². The Morgan fingerprint density at radius 1 is 1.19 bits per heavy atom. The number of pyridine rings is 1. The highest BCUT2D eigenvalue weighted by atomic mass is 32.2. The van der Waals surface area contributed by atoms with Crippen LogP contribution < -0.4 is 5.73 Å². The number of nitrogens with zero attached hydrogens (tertiary/aromatic N) is 2. The summed E-state index contributed by atoms with van der Waals surface area (Å²) >= 11 is 0. The van der Waals surface area contributed by atoms with Crippen molar-refractivity contribution in [2.45, 2.75) is 18.8 Å². The summed E-state index contributed by atoms with van der Waals surface area (Å²) in [7, 11) is -2.48. The fourth-order valence-electron chi connectivity index (χ4n) is 3.98. The van der Waals surface area contributed by atoms with E-state index in [0.717, 1.165) is 35.0 Å². The molecule has 3 N–H and O–H groups in total. The number of hydrogen-bond acceptors (Lipinski definition) is 6. The number of fused-ring (bicyclic) bond motifs is 1. The van der Waals surface area contributed by atoms with Gasteiger partial charge in [-0.05, 0) is 48.1 Å². The molecular weight excluding hydrogens is 415 g/mol. The van der Waals surface area contributed by atoms with E-state index in [1.165, 1.54) is 18.3 Å². The normalized spacial score (nSPS) is 15.2. The van der Waals surface area contributed by atoms with Crippen LogP contribution >= 0.6 is 0 Å². The van der Waals surface area contributed by atoms with Crippen LogP contribution in [0.5, 0.6) is 0 Å². The first-order valence-electron chi connectivity index (χ1n) is 10.1. The van der Waals surface area contributed by atoms with Crippen LogP contribution in [-0.4, -0.2) is 41.1 Å².